The first kappa shape index (κ1) is 52.4. The van der Waals surface area contributed by atoms with Crippen molar-refractivity contribution < 1.29 is 29.3 Å². The molecule has 0 spiro atoms. The Kier molecular flexibility index (Phi) is 21.2. The zero-order chi connectivity index (χ0) is 47.6. The number of unbranched alkanes of at least 4 members (excludes halogenated alkanes) is 16. The average molecular weight is 907 g/mol. The molecule has 362 valence electrons. The van der Waals surface area contributed by atoms with Crippen molar-refractivity contribution in [3.63, 3.8) is 0 Å². The van der Waals surface area contributed by atoms with Gasteiger partial charge in [-0.1, -0.05) is 117 Å². The topological polar surface area (TPSA) is 150 Å². The van der Waals surface area contributed by atoms with Crippen molar-refractivity contribution in [3.8, 4) is 0 Å². The number of aliphatic carboxylic acids is 2. The summed E-state index contributed by atoms with van der Waals surface area (Å²) in [5.41, 5.74) is 14.1. The van der Waals surface area contributed by atoms with Crippen LogP contribution in [-0.4, -0.2) is 55.3 Å². The summed E-state index contributed by atoms with van der Waals surface area (Å²) in [6.45, 7) is 18.3. The molecule has 0 fully saturated rings. The van der Waals surface area contributed by atoms with Gasteiger partial charge in [0.15, 0.2) is 0 Å². The highest BCUT2D eigenvalue weighted by molar-refractivity contribution is 5.95. The van der Waals surface area contributed by atoms with Gasteiger partial charge in [-0.25, -0.2) is 9.97 Å². The van der Waals surface area contributed by atoms with Crippen molar-refractivity contribution in [2.45, 2.75) is 209 Å². The minimum atomic E-state index is -0.881. The molecular formula is C56H82N4O6. The normalized spacial score (nSPS) is 13.7. The molecule has 0 saturated heterocycles. The predicted octanol–water partition coefficient (Wildman–Crippen LogP) is 15.5. The van der Waals surface area contributed by atoms with Crippen LogP contribution >= 0.6 is 0 Å². The van der Waals surface area contributed by atoms with Crippen molar-refractivity contribution in [1.82, 2.24) is 19.9 Å². The molecule has 0 aromatic carbocycles. The Morgan fingerprint density at radius 2 is 1.11 bits per heavy atom. The molecule has 66 heavy (non-hydrogen) atoms. The van der Waals surface area contributed by atoms with Crippen molar-refractivity contribution in [2.24, 2.45) is 0 Å². The van der Waals surface area contributed by atoms with Gasteiger partial charge in [0.2, 0.25) is 0 Å². The van der Waals surface area contributed by atoms with E-state index >= 15 is 0 Å². The number of carboxylic acid groups (broad SMARTS) is 2. The van der Waals surface area contributed by atoms with E-state index < -0.39 is 11.9 Å². The van der Waals surface area contributed by atoms with E-state index in [2.05, 4.69) is 69.7 Å². The molecule has 2 aliphatic rings. The highest BCUT2D eigenvalue weighted by Crippen LogP contribution is 2.41. The van der Waals surface area contributed by atoms with E-state index in [9.17, 15) is 19.8 Å². The van der Waals surface area contributed by atoms with E-state index in [1.807, 2.05) is 19.9 Å². The quantitative estimate of drug-likeness (QED) is 0.0483. The van der Waals surface area contributed by atoms with E-state index in [0.29, 0.717) is 31.7 Å². The van der Waals surface area contributed by atoms with E-state index in [1.165, 1.54) is 89.9 Å². The van der Waals surface area contributed by atoms with Crippen LogP contribution in [0, 0.1) is 13.8 Å². The average Bonchev–Trinajstić information content (AvgIpc) is 4.00. The second-order valence-electron chi connectivity index (χ2n) is 19.0. The third-order valence-electron chi connectivity index (χ3n) is 13.7. The second-order valence-corrected chi connectivity index (χ2v) is 19.0. The first-order valence-electron chi connectivity index (χ1n) is 25.7. The van der Waals surface area contributed by atoms with E-state index in [1.54, 1.807) is 0 Å². The largest absolute Gasteiger partial charge is 0.481 e. The van der Waals surface area contributed by atoms with Gasteiger partial charge in [0.05, 0.1) is 35.0 Å². The number of carboxylic acids is 2. The molecule has 5 rings (SSSR count). The molecule has 10 nitrogen and oxygen atoms in total. The number of nitrogens with zero attached hydrogens (tertiary/aromatic N) is 2. The van der Waals surface area contributed by atoms with Gasteiger partial charge in [0.1, 0.15) is 0 Å². The van der Waals surface area contributed by atoms with Crippen LogP contribution in [0.5, 0.6) is 0 Å². The summed E-state index contributed by atoms with van der Waals surface area (Å²) in [5.74, 6) is -1.75. The highest BCUT2D eigenvalue weighted by Gasteiger charge is 2.28. The van der Waals surface area contributed by atoms with Gasteiger partial charge >= 0.3 is 11.9 Å². The van der Waals surface area contributed by atoms with Crippen molar-refractivity contribution >= 4 is 56.8 Å². The maximum atomic E-state index is 12.1. The van der Waals surface area contributed by atoms with Crippen molar-refractivity contribution in [1.29, 1.82) is 0 Å². The second kappa shape index (κ2) is 26.7. The Labute approximate surface area is 395 Å². The standard InChI is InChI=1S/C56H82N4O6/c1-9-11-13-15-17-19-21-23-25-31-65-41(7)53-49-33-37(3)45(57-49)35-46-39(5)43(27-29-51(61)62)47(58-46)36-48-44(28-30-52(63)64)40(6)56(59-48)54(50-34-38(4)55(53)60-50)42(8)66-32-26-24-22-20-18-16-14-12-10-2/h33-36,41-42,57-58H,9-32H2,1-8H3,(H,61,62)(H,63,64). The molecule has 0 saturated carbocycles. The molecule has 3 aromatic heterocycles. The Morgan fingerprint density at radius 1 is 0.591 bits per heavy atom. The van der Waals surface area contributed by atoms with E-state index in [0.717, 1.165) is 109 Å². The van der Waals surface area contributed by atoms with Crippen LogP contribution in [0.2, 0.25) is 0 Å². The SMILES string of the molecule is CCCCCCCCCCCOC(C)c1c2nc(c(C(C)OCCCCCCCCCCC)c3cc(C)c(cc4[nH]c(cc5nc1C(C)=C5CCC(=O)O)c(CCC(=O)O)c4C)[nH]3)C(C)=C2. The first-order chi connectivity index (χ1) is 31.8. The number of aryl methyl sites for hydroxylation is 3. The van der Waals surface area contributed by atoms with Crippen LogP contribution in [0.4, 0.5) is 0 Å². The fourth-order valence-corrected chi connectivity index (χ4v) is 9.68. The summed E-state index contributed by atoms with van der Waals surface area (Å²) in [4.78, 5) is 42.3. The molecule has 8 bridgehead atoms. The fourth-order valence-electron chi connectivity index (χ4n) is 9.68. The number of aromatic nitrogens is 4. The van der Waals surface area contributed by atoms with Gasteiger partial charge in [-0.15, -0.1) is 0 Å². The van der Waals surface area contributed by atoms with Crippen LogP contribution in [0.15, 0.2) is 18.2 Å². The smallest absolute Gasteiger partial charge is 0.303 e. The molecule has 2 atom stereocenters. The molecule has 4 N–H and O–H groups in total. The van der Waals surface area contributed by atoms with Gasteiger partial charge in [-0.05, 0) is 125 Å². The maximum absolute atomic E-state index is 12.1. The molecular weight excluding hydrogens is 825 g/mol. The Bertz CT molecular complexity index is 2320. The first-order valence-corrected chi connectivity index (χ1v) is 25.7. The third kappa shape index (κ3) is 14.7. The molecule has 10 heteroatoms. The lowest BCUT2D eigenvalue weighted by Gasteiger charge is -2.17. The number of carbonyl (C=O) groups is 2. The molecule has 2 aliphatic heterocycles. The molecule has 0 aliphatic carbocycles. The summed E-state index contributed by atoms with van der Waals surface area (Å²) < 4.78 is 13.4. The summed E-state index contributed by atoms with van der Waals surface area (Å²) in [5, 5.41) is 19.7. The zero-order valence-corrected chi connectivity index (χ0v) is 41.9. The lowest BCUT2D eigenvalue weighted by atomic mass is 9.96. The van der Waals surface area contributed by atoms with Crippen LogP contribution in [-0.2, 0) is 25.5 Å². The van der Waals surface area contributed by atoms with Crippen molar-refractivity contribution in [2.75, 3.05) is 13.2 Å². The minimum Gasteiger partial charge on any atom is -0.481 e. The zero-order valence-electron chi connectivity index (χ0n) is 41.9. The van der Waals surface area contributed by atoms with Gasteiger partial charge in [0.25, 0.3) is 0 Å². The number of allylic oxidation sites excluding steroid dienone is 3. The Hall–Kier alpha value is -4.54. The fraction of sp³-hybridized carbons (Fsp3) is 0.607. The highest BCUT2D eigenvalue weighted by atomic mass is 16.5. The monoisotopic (exact) mass is 907 g/mol. The number of rotatable bonds is 30. The Balaban J connectivity index is 1.65. The summed E-state index contributed by atoms with van der Waals surface area (Å²) in [7, 11) is 0. The van der Waals surface area contributed by atoms with Gasteiger partial charge in [-0.2, -0.15) is 0 Å². The molecule has 0 radical (unpaired) electrons. The Morgan fingerprint density at radius 3 is 1.67 bits per heavy atom. The van der Waals surface area contributed by atoms with Gasteiger partial charge < -0.3 is 29.7 Å². The van der Waals surface area contributed by atoms with Crippen LogP contribution in [0.1, 0.15) is 239 Å². The number of hydrogen-bond acceptors (Lipinski definition) is 6. The lowest BCUT2D eigenvalue weighted by molar-refractivity contribution is -0.137. The third-order valence-corrected chi connectivity index (χ3v) is 13.7. The lowest BCUT2D eigenvalue weighted by Crippen LogP contribution is -2.07. The summed E-state index contributed by atoms with van der Waals surface area (Å²) >= 11 is 0. The minimum absolute atomic E-state index is 0.0274. The molecule has 5 heterocycles. The van der Waals surface area contributed by atoms with E-state index in [4.69, 9.17) is 19.4 Å². The number of hydrogen-bond donors (Lipinski definition) is 4. The number of nitrogens with one attached hydrogen (secondary N) is 2. The number of H-pyrrole nitrogens is 2. The molecule has 0 amide bonds. The predicted molar refractivity (Wildman–Crippen MR) is 273 cm³/mol. The maximum Gasteiger partial charge on any atom is 0.303 e. The van der Waals surface area contributed by atoms with Crippen LogP contribution in [0.3, 0.4) is 0 Å². The van der Waals surface area contributed by atoms with Crippen LogP contribution < -0.4 is 0 Å². The molecule has 2 unspecified atom stereocenters. The number of fused-ring (bicyclic) bond motifs is 8. The number of aromatic amines is 2. The van der Waals surface area contributed by atoms with Gasteiger partial charge in [0, 0.05) is 59.2 Å². The van der Waals surface area contributed by atoms with Crippen LogP contribution in [0.25, 0.3) is 44.9 Å². The van der Waals surface area contributed by atoms with E-state index in [-0.39, 0.29) is 25.0 Å². The molecule has 3 aromatic rings. The summed E-state index contributed by atoms with van der Waals surface area (Å²) in [6.07, 6.45) is 24.3. The number of ether oxygens (including phenoxy) is 2. The van der Waals surface area contributed by atoms with Crippen molar-refractivity contribution in [3.05, 3.63) is 68.8 Å². The summed E-state index contributed by atoms with van der Waals surface area (Å²) in [6, 6.07) is 6.27. The van der Waals surface area contributed by atoms with Gasteiger partial charge in [-0.3, -0.25) is 9.59 Å².